The summed E-state index contributed by atoms with van der Waals surface area (Å²) in [5.74, 6) is -7.33. The van der Waals surface area contributed by atoms with Crippen LogP contribution in [0.2, 0.25) is 0 Å². The van der Waals surface area contributed by atoms with Crippen molar-refractivity contribution >= 4 is 54.0 Å². The van der Waals surface area contributed by atoms with E-state index in [0.717, 1.165) is 11.1 Å². The summed E-state index contributed by atoms with van der Waals surface area (Å²) in [5, 5.41) is 67.7. The molecule has 0 saturated carbocycles. The van der Waals surface area contributed by atoms with Crippen LogP contribution < -0.4 is 21.3 Å². The van der Waals surface area contributed by atoms with Gasteiger partial charge in [-0.15, -0.1) is 0 Å². The zero-order chi connectivity index (χ0) is 41.3. The number of fused-ring (bicyclic) bond motifs is 8. The number of H-pyrrole nitrogens is 2. The lowest BCUT2D eigenvalue weighted by Gasteiger charge is -2.38. The van der Waals surface area contributed by atoms with Gasteiger partial charge in [0.2, 0.25) is 0 Å². The first-order valence-corrected chi connectivity index (χ1v) is 18.9. The first-order chi connectivity index (χ1) is 26.2. The third-order valence-electron chi connectivity index (χ3n) is 12.6. The fourth-order valence-corrected chi connectivity index (χ4v) is 9.70. The highest BCUT2D eigenvalue weighted by Gasteiger charge is 2.56. The van der Waals surface area contributed by atoms with E-state index >= 15 is 0 Å². The molecule has 8 bridgehead atoms. The Hall–Kier alpha value is -5.38. The molecule has 0 spiro atoms. The molecule has 16 nitrogen and oxygen atoms in total. The number of aliphatic carboxylic acids is 6. The van der Waals surface area contributed by atoms with Crippen LogP contribution in [0, 0.1) is 36.5 Å². The number of allylic oxidation sites excluding steroid dienone is 1. The van der Waals surface area contributed by atoms with Gasteiger partial charge >= 0.3 is 35.8 Å². The topological polar surface area (TPSA) is 279 Å². The highest BCUT2D eigenvalue weighted by atomic mass is 16.4. The van der Waals surface area contributed by atoms with Crippen LogP contribution in [0.1, 0.15) is 105 Å². The fraction of sp³-hybridized carbons (Fsp3) is 0.550. The molecule has 5 rings (SSSR count). The molecule has 2 aromatic rings. The average molecular weight is 781 g/mol. The van der Waals surface area contributed by atoms with Gasteiger partial charge in [0.15, 0.2) is 0 Å². The van der Waals surface area contributed by atoms with Crippen molar-refractivity contribution in [1.29, 1.82) is 0 Å². The maximum atomic E-state index is 12.6. The number of nitrogens with one attached hydrogen (secondary N) is 4. The molecule has 2 fully saturated rings. The van der Waals surface area contributed by atoms with Gasteiger partial charge in [-0.2, -0.15) is 0 Å². The van der Waals surface area contributed by atoms with Gasteiger partial charge in [-0.3, -0.25) is 28.8 Å². The Morgan fingerprint density at radius 3 is 1.80 bits per heavy atom. The summed E-state index contributed by atoms with van der Waals surface area (Å²) in [4.78, 5) is 79.4. The van der Waals surface area contributed by atoms with Crippen molar-refractivity contribution in [3.63, 3.8) is 0 Å². The quantitative estimate of drug-likeness (QED) is 0.117. The van der Waals surface area contributed by atoms with Crippen molar-refractivity contribution in [1.82, 2.24) is 20.6 Å². The van der Waals surface area contributed by atoms with E-state index in [0.29, 0.717) is 38.9 Å². The number of carbonyl (C=O) groups is 6. The van der Waals surface area contributed by atoms with Gasteiger partial charge < -0.3 is 51.2 Å². The van der Waals surface area contributed by atoms with Crippen molar-refractivity contribution in [2.24, 2.45) is 22.7 Å². The van der Waals surface area contributed by atoms with Gasteiger partial charge in [0.1, 0.15) is 0 Å². The monoisotopic (exact) mass is 780 g/mol. The minimum absolute atomic E-state index is 0.115. The molecular formula is C40H52N4O12. The molecule has 10 N–H and O–H groups in total. The predicted octanol–water partition coefficient (Wildman–Crippen LogP) is 2.58. The summed E-state index contributed by atoms with van der Waals surface area (Å²) >= 11 is 0. The Morgan fingerprint density at radius 1 is 0.661 bits per heavy atom. The molecule has 3 aliphatic heterocycles. The summed E-state index contributed by atoms with van der Waals surface area (Å²) in [6.07, 6.45) is 4.82. The second-order valence-corrected chi connectivity index (χ2v) is 16.1. The summed E-state index contributed by atoms with van der Waals surface area (Å²) in [6, 6.07) is -1.64. The first kappa shape index (κ1) is 41.8. The molecule has 0 aliphatic carbocycles. The predicted molar refractivity (Wildman–Crippen MR) is 202 cm³/mol. The Morgan fingerprint density at radius 2 is 1.23 bits per heavy atom. The first-order valence-electron chi connectivity index (χ1n) is 18.9. The van der Waals surface area contributed by atoms with E-state index in [4.69, 9.17) is 0 Å². The standard InChI is InChI=1S/C40H52N4O12/c1-19-21(5-9-33(45)46)27-14-28-22(6-10-34(47)48)20(2)26(42-28)15-31-40(4,18-38(55)56)24(8-12-36(51)52)30(44-31)16-32-39(3,17-37(53)54)23(7-11-35(49)50)29(43-32)13-25(19)41-27/h13-15,23-24,29-30,32,41-44H,5-12,16-18H2,1-4H3,(H,45,46)(H,47,48)(H,49,50)(H,51,52)(H,53,54)(H,55,56)/b25-13-,27-14-,31-15-/t23-,24-,29?,30?,32?,39-,40-/m0/s1. The highest BCUT2D eigenvalue weighted by Crippen LogP contribution is 2.53. The third kappa shape index (κ3) is 8.69. The Labute approximate surface area is 322 Å². The normalized spacial score (nSPS) is 28.9. The number of hydrogen-bond donors (Lipinski definition) is 10. The number of aromatic nitrogens is 2. The van der Waals surface area contributed by atoms with Crippen molar-refractivity contribution in [3.8, 4) is 0 Å². The van der Waals surface area contributed by atoms with Gasteiger partial charge in [-0.1, -0.05) is 13.8 Å². The number of hydrogen-bond acceptors (Lipinski definition) is 8. The van der Waals surface area contributed by atoms with E-state index in [1.807, 2.05) is 26.8 Å². The summed E-state index contributed by atoms with van der Waals surface area (Å²) < 4.78 is 0. The average Bonchev–Trinajstić information content (AvgIpc) is 3.70. The van der Waals surface area contributed by atoms with E-state index in [1.165, 1.54) is 0 Å². The lowest BCUT2D eigenvalue weighted by Crippen LogP contribution is -2.44. The van der Waals surface area contributed by atoms with Crippen LogP contribution in [0.4, 0.5) is 0 Å². The van der Waals surface area contributed by atoms with E-state index < -0.39 is 76.6 Å². The lowest BCUT2D eigenvalue weighted by atomic mass is 9.65. The van der Waals surface area contributed by atoms with Crippen LogP contribution >= 0.6 is 0 Å². The Balaban J connectivity index is 1.85. The highest BCUT2D eigenvalue weighted by molar-refractivity contribution is 5.73. The van der Waals surface area contributed by atoms with Gasteiger partial charge in [-0.05, 0) is 104 Å². The molecule has 0 aromatic carbocycles. The van der Waals surface area contributed by atoms with E-state index in [9.17, 15) is 59.4 Å². The second kappa shape index (κ2) is 16.4. The fourth-order valence-electron chi connectivity index (χ4n) is 9.70. The zero-order valence-electron chi connectivity index (χ0n) is 32.0. The van der Waals surface area contributed by atoms with Crippen LogP contribution in [-0.4, -0.2) is 94.5 Å². The molecule has 0 amide bonds. The number of carboxylic acids is 6. The molecule has 304 valence electrons. The number of rotatable bonds is 16. The molecule has 2 aromatic heterocycles. The molecule has 5 heterocycles. The molecular weight excluding hydrogens is 728 g/mol. The smallest absolute Gasteiger partial charge is 0.304 e. The van der Waals surface area contributed by atoms with Gasteiger partial charge in [0, 0.05) is 77.0 Å². The van der Waals surface area contributed by atoms with E-state index in [1.54, 1.807) is 19.1 Å². The van der Waals surface area contributed by atoms with Crippen molar-refractivity contribution < 1.29 is 59.4 Å². The summed E-state index contributed by atoms with van der Waals surface area (Å²) in [7, 11) is 0. The Bertz CT molecular complexity index is 2080. The van der Waals surface area contributed by atoms with E-state index in [2.05, 4.69) is 20.6 Å². The minimum Gasteiger partial charge on any atom is -0.481 e. The summed E-state index contributed by atoms with van der Waals surface area (Å²) in [5.41, 5.74) is 2.41. The SMILES string of the molecule is Cc1c2[nH]c(c1CCC(=O)O)/C=c1\[nH]/c(c(C)c1CCC(=O)O)=C\C1NC(CC3N/C(=C\2)[C@@](C)(CC(=O)O)[C@H]3CCC(=O)O)[C@@](C)(CC(=O)O)[C@H]1CCC(=O)O. The Kier molecular flexibility index (Phi) is 12.2. The molecule has 56 heavy (non-hydrogen) atoms. The van der Waals surface area contributed by atoms with Crippen molar-refractivity contribution in [2.45, 2.75) is 116 Å². The van der Waals surface area contributed by atoms with Crippen molar-refractivity contribution in [3.05, 3.63) is 50.0 Å². The molecule has 3 unspecified atom stereocenters. The molecule has 7 atom stereocenters. The van der Waals surface area contributed by atoms with Gasteiger partial charge in [-0.25, -0.2) is 0 Å². The summed E-state index contributed by atoms with van der Waals surface area (Å²) in [6.45, 7) is 7.28. The zero-order valence-corrected chi connectivity index (χ0v) is 32.0. The molecule has 16 heteroatoms. The maximum Gasteiger partial charge on any atom is 0.304 e. The molecule has 3 aliphatic rings. The lowest BCUT2D eigenvalue weighted by molar-refractivity contribution is -0.142. The van der Waals surface area contributed by atoms with Crippen LogP contribution in [0.25, 0.3) is 18.2 Å². The third-order valence-corrected chi connectivity index (χ3v) is 12.6. The number of carboxylic acid groups (broad SMARTS) is 6. The van der Waals surface area contributed by atoms with Crippen LogP contribution in [0.5, 0.6) is 0 Å². The van der Waals surface area contributed by atoms with Crippen LogP contribution in [0.3, 0.4) is 0 Å². The molecule has 0 radical (unpaired) electrons. The van der Waals surface area contributed by atoms with Gasteiger partial charge in [0.25, 0.3) is 0 Å². The van der Waals surface area contributed by atoms with E-state index in [-0.39, 0.29) is 70.6 Å². The van der Waals surface area contributed by atoms with Crippen LogP contribution in [0.15, 0.2) is 5.70 Å². The largest absolute Gasteiger partial charge is 0.481 e. The second-order valence-electron chi connectivity index (χ2n) is 16.1. The number of aromatic amines is 2. The van der Waals surface area contributed by atoms with Gasteiger partial charge in [0.05, 0.1) is 12.8 Å². The van der Waals surface area contributed by atoms with Crippen molar-refractivity contribution in [2.75, 3.05) is 0 Å². The minimum atomic E-state index is -1.12. The molecule has 2 saturated heterocycles. The maximum absolute atomic E-state index is 12.6. The van der Waals surface area contributed by atoms with Crippen LogP contribution in [-0.2, 0) is 41.6 Å².